The van der Waals surface area contributed by atoms with E-state index in [1.807, 2.05) is 0 Å². The first-order valence-corrected chi connectivity index (χ1v) is 7.07. The number of benzene rings is 1. The van der Waals surface area contributed by atoms with Crippen LogP contribution in [0.25, 0.3) is 0 Å². The van der Waals surface area contributed by atoms with Crippen molar-refractivity contribution in [1.29, 1.82) is 0 Å². The number of ether oxygens (including phenoxy) is 1. The molecule has 0 radical (unpaired) electrons. The molecule has 0 saturated carbocycles. The van der Waals surface area contributed by atoms with Crippen LogP contribution in [0, 0.1) is 20.8 Å². The Kier molecular flexibility index (Phi) is 6.81. The summed E-state index contributed by atoms with van der Waals surface area (Å²) in [5, 5.41) is 3.41. The lowest BCUT2D eigenvalue weighted by Gasteiger charge is -2.14. The maximum absolute atomic E-state index is 5.93. The molecule has 1 rings (SSSR count). The molecule has 0 aliphatic heterocycles. The van der Waals surface area contributed by atoms with Crippen molar-refractivity contribution in [3.8, 4) is 5.75 Å². The topological polar surface area (TPSA) is 21.3 Å². The standard InChI is InChI=1S/C16H27NO/c1-5-10-17-11-6-7-12-18-16-14(3)9-8-13(2)15(16)4/h8-9,17H,5-7,10-12H2,1-4H3. The Labute approximate surface area is 112 Å². The third-order valence-electron chi connectivity index (χ3n) is 3.29. The van der Waals surface area contributed by atoms with Gasteiger partial charge in [0.15, 0.2) is 0 Å². The monoisotopic (exact) mass is 249 g/mol. The van der Waals surface area contributed by atoms with Gasteiger partial charge in [0.2, 0.25) is 0 Å². The van der Waals surface area contributed by atoms with Crippen molar-refractivity contribution >= 4 is 0 Å². The Morgan fingerprint density at radius 3 is 2.44 bits per heavy atom. The number of nitrogens with one attached hydrogen (secondary N) is 1. The van der Waals surface area contributed by atoms with E-state index in [4.69, 9.17) is 4.74 Å². The van der Waals surface area contributed by atoms with Crippen molar-refractivity contribution in [3.05, 3.63) is 28.8 Å². The van der Waals surface area contributed by atoms with Gasteiger partial charge >= 0.3 is 0 Å². The van der Waals surface area contributed by atoms with Crippen LogP contribution in [-0.2, 0) is 0 Å². The fraction of sp³-hybridized carbons (Fsp3) is 0.625. The highest BCUT2D eigenvalue weighted by molar-refractivity contribution is 5.44. The van der Waals surface area contributed by atoms with Gasteiger partial charge in [-0.25, -0.2) is 0 Å². The van der Waals surface area contributed by atoms with Crippen LogP contribution in [0.4, 0.5) is 0 Å². The van der Waals surface area contributed by atoms with Gasteiger partial charge in [0, 0.05) is 0 Å². The first-order valence-electron chi connectivity index (χ1n) is 7.07. The molecule has 0 aliphatic rings. The molecule has 0 atom stereocenters. The van der Waals surface area contributed by atoms with Crippen LogP contribution in [0.15, 0.2) is 12.1 Å². The molecule has 0 heterocycles. The number of hydrogen-bond donors (Lipinski definition) is 1. The van der Waals surface area contributed by atoms with E-state index in [1.54, 1.807) is 0 Å². The van der Waals surface area contributed by atoms with Crippen LogP contribution >= 0.6 is 0 Å². The predicted molar refractivity (Wildman–Crippen MR) is 78.5 cm³/mol. The van der Waals surface area contributed by atoms with E-state index in [2.05, 4.69) is 45.1 Å². The zero-order chi connectivity index (χ0) is 13.4. The molecule has 0 spiro atoms. The second-order valence-electron chi connectivity index (χ2n) is 4.96. The number of aryl methyl sites for hydroxylation is 2. The second kappa shape index (κ2) is 8.15. The van der Waals surface area contributed by atoms with Crippen LogP contribution in [0.3, 0.4) is 0 Å². The molecule has 18 heavy (non-hydrogen) atoms. The molecule has 0 amide bonds. The average Bonchev–Trinajstić information content (AvgIpc) is 2.36. The van der Waals surface area contributed by atoms with Crippen LogP contribution in [0.5, 0.6) is 5.75 Å². The minimum Gasteiger partial charge on any atom is -0.493 e. The summed E-state index contributed by atoms with van der Waals surface area (Å²) in [7, 11) is 0. The van der Waals surface area contributed by atoms with Gasteiger partial charge in [0.1, 0.15) is 5.75 Å². The van der Waals surface area contributed by atoms with Crippen LogP contribution < -0.4 is 10.1 Å². The van der Waals surface area contributed by atoms with Gasteiger partial charge in [0.25, 0.3) is 0 Å². The summed E-state index contributed by atoms with van der Waals surface area (Å²) < 4.78 is 5.93. The minimum absolute atomic E-state index is 0.818. The second-order valence-corrected chi connectivity index (χ2v) is 4.96. The Bertz CT molecular complexity index is 360. The lowest BCUT2D eigenvalue weighted by molar-refractivity contribution is 0.302. The van der Waals surface area contributed by atoms with Gasteiger partial charge in [-0.2, -0.15) is 0 Å². The molecule has 0 unspecified atom stereocenters. The molecule has 2 heteroatoms. The van der Waals surface area contributed by atoms with E-state index in [9.17, 15) is 0 Å². The van der Waals surface area contributed by atoms with Crippen molar-refractivity contribution in [2.24, 2.45) is 0 Å². The molecule has 102 valence electrons. The molecule has 1 aromatic carbocycles. The van der Waals surface area contributed by atoms with E-state index in [-0.39, 0.29) is 0 Å². The minimum atomic E-state index is 0.818. The number of rotatable bonds is 8. The van der Waals surface area contributed by atoms with Crippen molar-refractivity contribution in [2.45, 2.75) is 47.0 Å². The van der Waals surface area contributed by atoms with Crippen molar-refractivity contribution in [2.75, 3.05) is 19.7 Å². The van der Waals surface area contributed by atoms with Crippen LogP contribution in [0.1, 0.15) is 42.9 Å². The highest BCUT2D eigenvalue weighted by Crippen LogP contribution is 2.25. The average molecular weight is 249 g/mol. The molecule has 0 saturated heterocycles. The SMILES string of the molecule is CCCNCCCCOc1c(C)ccc(C)c1C. The van der Waals surface area contributed by atoms with E-state index in [0.29, 0.717) is 0 Å². The summed E-state index contributed by atoms with van der Waals surface area (Å²) in [6.45, 7) is 11.6. The summed E-state index contributed by atoms with van der Waals surface area (Å²) in [6.07, 6.45) is 3.51. The van der Waals surface area contributed by atoms with Gasteiger partial charge in [0.05, 0.1) is 6.61 Å². The first kappa shape index (κ1) is 15.0. The first-order chi connectivity index (χ1) is 8.66. The molecule has 0 bridgehead atoms. The number of unbranched alkanes of at least 4 members (excludes halogenated alkanes) is 1. The highest BCUT2D eigenvalue weighted by atomic mass is 16.5. The number of hydrogen-bond acceptors (Lipinski definition) is 2. The fourth-order valence-corrected chi connectivity index (χ4v) is 1.98. The van der Waals surface area contributed by atoms with Crippen LogP contribution in [0.2, 0.25) is 0 Å². The van der Waals surface area contributed by atoms with Gasteiger partial charge < -0.3 is 10.1 Å². The molecule has 0 aromatic heterocycles. The smallest absolute Gasteiger partial charge is 0.125 e. The van der Waals surface area contributed by atoms with Gasteiger partial charge in [-0.05, 0) is 69.8 Å². The van der Waals surface area contributed by atoms with E-state index >= 15 is 0 Å². The zero-order valence-electron chi connectivity index (χ0n) is 12.3. The molecule has 1 N–H and O–H groups in total. The molecular weight excluding hydrogens is 222 g/mol. The molecule has 0 fully saturated rings. The van der Waals surface area contributed by atoms with E-state index < -0.39 is 0 Å². The summed E-state index contributed by atoms with van der Waals surface area (Å²) in [6, 6.07) is 4.30. The Balaban J connectivity index is 2.29. The third-order valence-corrected chi connectivity index (χ3v) is 3.29. The van der Waals surface area contributed by atoms with Crippen molar-refractivity contribution in [1.82, 2.24) is 5.32 Å². The predicted octanol–water partition coefficient (Wildman–Crippen LogP) is 3.77. The lowest BCUT2D eigenvalue weighted by Crippen LogP contribution is -2.16. The highest BCUT2D eigenvalue weighted by Gasteiger charge is 2.05. The Hall–Kier alpha value is -1.02. The lowest BCUT2D eigenvalue weighted by atomic mass is 10.1. The maximum atomic E-state index is 5.93. The summed E-state index contributed by atoms with van der Waals surface area (Å²) in [5.41, 5.74) is 3.82. The van der Waals surface area contributed by atoms with E-state index in [1.165, 1.54) is 29.5 Å². The molecule has 2 nitrogen and oxygen atoms in total. The maximum Gasteiger partial charge on any atom is 0.125 e. The van der Waals surface area contributed by atoms with E-state index in [0.717, 1.165) is 31.9 Å². The summed E-state index contributed by atoms with van der Waals surface area (Å²) >= 11 is 0. The molecule has 1 aromatic rings. The van der Waals surface area contributed by atoms with Gasteiger partial charge in [-0.15, -0.1) is 0 Å². The Morgan fingerprint density at radius 2 is 1.72 bits per heavy atom. The van der Waals surface area contributed by atoms with Crippen molar-refractivity contribution < 1.29 is 4.74 Å². The molecule has 0 aliphatic carbocycles. The summed E-state index contributed by atoms with van der Waals surface area (Å²) in [4.78, 5) is 0. The van der Waals surface area contributed by atoms with Gasteiger partial charge in [-0.3, -0.25) is 0 Å². The van der Waals surface area contributed by atoms with Crippen molar-refractivity contribution in [3.63, 3.8) is 0 Å². The normalized spacial score (nSPS) is 10.7. The zero-order valence-corrected chi connectivity index (χ0v) is 12.3. The fourth-order valence-electron chi connectivity index (χ4n) is 1.98. The molecular formula is C16H27NO. The Morgan fingerprint density at radius 1 is 1.00 bits per heavy atom. The quantitative estimate of drug-likeness (QED) is 0.708. The van der Waals surface area contributed by atoms with Gasteiger partial charge in [-0.1, -0.05) is 19.1 Å². The third kappa shape index (κ3) is 4.69. The van der Waals surface area contributed by atoms with Crippen LogP contribution in [-0.4, -0.2) is 19.7 Å². The summed E-state index contributed by atoms with van der Waals surface area (Å²) in [5.74, 6) is 1.08. The largest absolute Gasteiger partial charge is 0.493 e.